The molecule has 0 atom stereocenters. The molecule has 2 rings (SSSR count). The summed E-state index contributed by atoms with van der Waals surface area (Å²) in [5.41, 5.74) is 1.12. The molecule has 0 fully saturated rings. The Morgan fingerprint density at radius 2 is 1.95 bits per heavy atom. The average molecular weight is 294 g/mol. The van der Waals surface area contributed by atoms with E-state index < -0.39 is 11.6 Å². The number of hydrogen-bond donors (Lipinski definition) is 2. The van der Waals surface area contributed by atoms with Crippen molar-refractivity contribution in [3.8, 4) is 0 Å². The predicted octanol–water partition coefficient (Wildman–Crippen LogP) is 3.38. The summed E-state index contributed by atoms with van der Waals surface area (Å²) >= 11 is 0. The SMILES string of the molecule is O=C(CNc1c(F)cccc1F)NCCC1=CCCCC1. The summed E-state index contributed by atoms with van der Waals surface area (Å²) in [6.45, 7) is 0.420. The first kappa shape index (κ1) is 15.5. The number of halogens is 2. The number of hydrogen-bond acceptors (Lipinski definition) is 2. The van der Waals surface area contributed by atoms with Gasteiger partial charge in [0.05, 0.1) is 6.54 Å². The predicted molar refractivity (Wildman–Crippen MR) is 79.0 cm³/mol. The molecule has 0 saturated carbocycles. The molecule has 21 heavy (non-hydrogen) atoms. The van der Waals surface area contributed by atoms with Crippen molar-refractivity contribution in [2.24, 2.45) is 0 Å². The highest BCUT2D eigenvalue weighted by Crippen LogP contribution is 2.19. The first-order chi connectivity index (χ1) is 10.2. The van der Waals surface area contributed by atoms with Gasteiger partial charge >= 0.3 is 0 Å². The number of amides is 1. The van der Waals surface area contributed by atoms with Gasteiger partial charge in [-0.1, -0.05) is 17.7 Å². The molecule has 0 unspecified atom stereocenters. The van der Waals surface area contributed by atoms with Crippen molar-refractivity contribution in [3.05, 3.63) is 41.5 Å². The fourth-order valence-electron chi connectivity index (χ4n) is 2.39. The van der Waals surface area contributed by atoms with Crippen molar-refractivity contribution in [2.45, 2.75) is 32.1 Å². The molecule has 1 aliphatic rings. The number of anilines is 1. The van der Waals surface area contributed by atoms with Crippen LogP contribution in [0, 0.1) is 11.6 Å². The Labute approximate surface area is 123 Å². The van der Waals surface area contributed by atoms with E-state index in [0.717, 1.165) is 31.4 Å². The monoisotopic (exact) mass is 294 g/mol. The van der Waals surface area contributed by atoms with Crippen LogP contribution < -0.4 is 10.6 Å². The van der Waals surface area contributed by atoms with E-state index >= 15 is 0 Å². The summed E-state index contributed by atoms with van der Waals surface area (Å²) in [7, 11) is 0. The second-order valence-corrected chi connectivity index (χ2v) is 5.16. The van der Waals surface area contributed by atoms with E-state index in [0.29, 0.717) is 6.54 Å². The Morgan fingerprint density at radius 1 is 1.19 bits per heavy atom. The molecule has 0 heterocycles. The van der Waals surface area contributed by atoms with E-state index in [-0.39, 0.29) is 18.1 Å². The lowest BCUT2D eigenvalue weighted by atomic mass is 9.97. The lowest BCUT2D eigenvalue weighted by molar-refractivity contribution is -0.119. The molecule has 2 N–H and O–H groups in total. The first-order valence-corrected chi connectivity index (χ1v) is 7.29. The van der Waals surface area contributed by atoms with Crippen LogP contribution >= 0.6 is 0 Å². The van der Waals surface area contributed by atoms with Crippen LogP contribution in [0.3, 0.4) is 0 Å². The van der Waals surface area contributed by atoms with Gasteiger partial charge in [-0.15, -0.1) is 0 Å². The van der Waals surface area contributed by atoms with Gasteiger partial charge in [-0.05, 0) is 44.2 Å². The van der Waals surface area contributed by atoms with E-state index in [2.05, 4.69) is 16.7 Å². The highest BCUT2D eigenvalue weighted by Gasteiger charge is 2.10. The van der Waals surface area contributed by atoms with E-state index in [9.17, 15) is 13.6 Å². The molecule has 0 bridgehead atoms. The number of nitrogens with one attached hydrogen (secondary N) is 2. The Kier molecular flexibility index (Phi) is 5.72. The van der Waals surface area contributed by atoms with E-state index in [1.807, 2.05) is 0 Å². The number of allylic oxidation sites excluding steroid dienone is 1. The van der Waals surface area contributed by atoms with E-state index in [1.54, 1.807) is 0 Å². The Morgan fingerprint density at radius 3 is 2.62 bits per heavy atom. The van der Waals surface area contributed by atoms with Crippen LogP contribution in [-0.2, 0) is 4.79 Å². The van der Waals surface area contributed by atoms with Gasteiger partial charge in [-0.2, -0.15) is 0 Å². The van der Waals surface area contributed by atoms with Crippen LogP contribution in [-0.4, -0.2) is 19.0 Å². The van der Waals surface area contributed by atoms with Gasteiger partial charge in [0.25, 0.3) is 0 Å². The smallest absolute Gasteiger partial charge is 0.239 e. The Hall–Kier alpha value is -1.91. The fourth-order valence-corrected chi connectivity index (χ4v) is 2.39. The number of rotatable bonds is 6. The lowest BCUT2D eigenvalue weighted by Crippen LogP contribution is -2.31. The molecule has 1 amide bonds. The fraction of sp³-hybridized carbons (Fsp3) is 0.438. The molecule has 3 nitrogen and oxygen atoms in total. The minimum atomic E-state index is -0.699. The number of benzene rings is 1. The maximum Gasteiger partial charge on any atom is 0.239 e. The Bertz CT molecular complexity index is 509. The standard InChI is InChI=1S/C16H20F2N2O/c17-13-7-4-8-14(18)16(13)20-11-15(21)19-10-9-12-5-2-1-3-6-12/h4-5,7-8,20H,1-3,6,9-11H2,(H,19,21). The van der Waals surface area contributed by atoms with E-state index in [1.165, 1.54) is 24.5 Å². The summed E-state index contributed by atoms with van der Waals surface area (Å²) < 4.78 is 26.7. The quantitative estimate of drug-likeness (QED) is 0.790. The lowest BCUT2D eigenvalue weighted by Gasteiger charge is -2.13. The third kappa shape index (κ3) is 4.85. The van der Waals surface area contributed by atoms with Gasteiger partial charge in [-0.25, -0.2) is 8.78 Å². The van der Waals surface area contributed by atoms with Crippen molar-refractivity contribution >= 4 is 11.6 Å². The van der Waals surface area contributed by atoms with Gasteiger partial charge in [0, 0.05) is 6.54 Å². The minimum absolute atomic E-state index is 0.142. The maximum atomic E-state index is 13.4. The molecule has 114 valence electrons. The number of para-hydroxylation sites is 1. The molecule has 1 aromatic rings. The molecule has 5 heteroatoms. The molecule has 0 saturated heterocycles. The maximum absolute atomic E-state index is 13.4. The summed E-state index contributed by atoms with van der Waals surface area (Å²) in [6, 6.07) is 3.59. The molecule has 0 aromatic heterocycles. The average Bonchev–Trinajstić information content (AvgIpc) is 2.48. The zero-order valence-electron chi connectivity index (χ0n) is 11.9. The van der Waals surface area contributed by atoms with Crippen LogP contribution in [0.1, 0.15) is 32.1 Å². The van der Waals surface area contributed by atoms with Crippen molar-refractivity contribution in [3.63, 3.8) is 0 Å². The summed E-state index contributed by atoms with van der Waals surface area (Å²) in [5.74, 6) is -1.67. The second kappa shape index (κ2) is 7.76. The molecule has 1 aliphatic carbocycles. The van der Waals surface area contributed by atoms with Crippen molar-refractivity contribution in [1.29, 1.82) is 0 Å². The van der Waals surface area contributed by atoms with E-state index in [4.69, 9.17) is 0 Å². The summed E-state index contributed by atoms with van der Waals surface area (Å²) in [4.78, 5) is 11.6. The van der Waals surface area contributed by atoms with Crippen molar-refractivity contribution < 1.29 is 13.6 Å². The zero-order valence-corrected chi connectivity index (χ0v) is 11.9. The van der Waals surface area contributed by atoms with Crippen molar-refractivity contribution in [2.75, 3.05) is 18.4 Å². The summed E-state index contributed by atoms with van der Waals surface area (Å²) in [5, 5.41) is 5.24. The third-order valence-electron chi connectivity index (χ3n) is 3.54. The largest absolute Gasteiger partial charge is 0.371 e. The molecular weight excluding hydrogens is 274 g/mol. The molecule has 0 radical (unpaired) electrons. The molecule has 0 aliphatic heterocycles. The first-order valence-electron chi connectivity index (χ1n) is 7.29. The molecule has 0 spiro atoms. The van der Waals surface area contributed by atoms with Crippen molar-refractivity contribution in [1.82, 2.24) is 5.32 Å². The van der Waals surface area contributed by atoms with Gasteiger partial charge in [0.2, 0.25) is 5.91 Å². The number of carbonyl (C=O) groups excluding carboxylic acids is 1. The topological polar surface area (TPSA) is 41.1 Å². The zero-order chi connectivity index (χ0) is 15.1. The van der Waals surface area contributed by atoms with Crippen LogP contribution in [0.5, 0.6) is 0 Å². The van der Waals surface area contributed by atoms with Gasteiger partial charge in [0.15, 0.2) is 0 Å². The van der Waals surface area contributed by atoms with Crippen LogP contribution in [0.4, 0.5) is 14.5 Å². The normalized spacial score (nSPS) is 14.5. The van der Waals surface area contributed by atoms with Crippen LogP contribution in [0.15, 0.2) is 29.8 Å². The third-order valence-corrected chi connectivity index (χ3v) is 3.54. The highest BCUT2D eigenvalue weighted by atomic mass is 19.1. The Balaban J connectivity index is 1.71. The molecular formula is C16H20F2N2O. The van der Waals surface area contributed by atoms with Crippen LogP contribution in [0.25, 0.3) is 0 Å². The van der Waals surface area contributed by atoms with Gasteiger partial charge < -0.3 is 10.6 Å². The highest BCUT2D eigenvalue weighted by molar-refractivity contribution is 5.80. The number of carbonyl (C=O) groups is 1. The van der Waals surface area contributed by atoms with Gasteiger partial charge in [0.1, 0.15) is 17.3 Å². The summed E-state index contributed by atoms with van der Waals surface area (Å²) in [6.07, 6.45) is 7.77. The second-order valence-electron chi connectivity index (χ2n) is 5.16. The molecule has 1 aromatic carbocycles. The van der Waals surface area contributed by atoms with Crippen LogP contribution in [0.2, 0.25) is 0 Å². The minimum Gasteiger partial charge on any atom is -0.371 e. The van der Waals surface area contributed by atoms with Gasteiger partial charge in [-0.3, -0.25) is 4.79 Å².